The highest BCUT2D eigenvalue weighted by Crippen LogP contribution is 2.42. The summed E-state index contributed by atoms with van der Waals surface area (Å²) in [5, 5.41) is 0. The molecule has 0 fully saturated rings. The Bertz CT molecular complexity index is 2450. The second-order valence-corrected chi connectivity index (χ2v) is 14.0. The van der Waals surface area contributed by atoms with Gasteiger partial charge < -0.3 is 0 Å². The Morgan fingerprint density at radius 1 is 0.352 bits per heavy atom. The van der Waals surface area contributed by atoms with E-state index < -0.39 is 0 Å². The van der Waals surface area contributed by atoms with Crippen molar-refractivity contribution in [1.82, 2.24) is 9.97 Å². The molecule has 8 aromatic rings. The average Bonchev–Trinajstić information content (AvgIpc) is 3.18. The molecule has 0 bridgehead atoms. The molecule has 2 aromatic heterocycles. The van der Waals surface area contributed by atoms with Gasteiger partial charge in [-0.05, 0) is 120 Å². The van der Waals surface area contributed by atoms with E-state index in [1.807, 2.05) is 12.4 Å². The van der Waals surface area contributed by atoms with E-state index in [0.29, 0.717) is 0 Å². The molecule has 0 aliphatic heterocycles. The summed E-state index contributed by atoms with van der Waals surface area (Å²) in [6, 6.07) is 47.8. The lowest BCUT2D eigenvalue weighted by molar-refractivity contribution is 0.627. The fourth-order valence-electron chi connectivity index (χ4n) is 7.40. The van der Waals surface area contributed by atoms with Crippen molar-refractivity contribution in [2.45, 2.75) is 27.7 Å². The quantitative estimate of drug-likeness (QED) is 0.165. The van der Waals surface area contributed by atoms with E-state index in [1.165, 1.54) is 46.5 Å². The van der Waals surface area contributed by atoms with Crippen molar-refractivity contribution in [2.75, 3.05) is 0 Å². The van der Waals surface area contributed by atoms with Gasteiger partial charge in [0.25, 0.3) is 0 Å². The molecular formula is C50H38F2N2. The predicted molar refractivity (Wildman–Crippen MR) is 219 cm³/mol. The number of hydrogen-bond donors (Lipinski definition) is 0. The molecule has 0 unspecified atom stereocenters. The van der Waals surface area contributed by atoms with Crippen LogP contribution in [0.4, 0.5) is 8.78 Å². The minimum Gasteiger partial charge on any atom is -0.256 e. The van der Waals surface area contributed by atoms with Crippen molar-refractivity contribution < 1.29 is 8.78 Å². The van der Waals surface area contributed by atoms with Crippen molar-refractivity contribution >= 4 is 0 Å². The molecule has 0 radical (unpaired) electrons. The number of aryl methyl sites for hydroxylation is 4. The van der Waals surface area contributed by atoms with Gasteiger partial charge in [-0.25, -0.2) is 8.78 Å². The fourth-order valence-corrected chi connectivity index (χ4v) is 7.40. The van der Waals surface area contributed by atoms with E-state index >= 15 is 0 Å². The van der Waals surface area contributed by atoms with Crippen LogP contribution in [0, 0.1) is 39.3 Å². The minimum absolute atomic E-state index is 0.249. The first kappa shape index (κ1) is 34.6. The summed E-state index contributed by atoms with van der Waals surface area (Å²) in [6.07, 6.45) is 3.75. The zero-order chi connectivity index (χ0) is 37.3. The molecule has 4 heteroatoms. The highest BCUT2D eigenvalue weighted by Gasteiger charge is 2.16. The third-order valence-electron chi connectivity index (χ3n) is 10.1. The SMILES string of the molecule is Cc1cc(C)cc(-c2c(-c3ccc(-c4cc(C)c(-c5ccc(F)cc5)cn4)cc3)cccc2-c2ccc(-c3cc(C)c(-c4ccc(F)cc4)cn3)cc2)c1. The summed E-state index contributed by atoms with van der Waals surface area (Å²) in [5.74, 6) is -0.499. The van der Waals surface area contributed by atoms with E-state index in [0.717, 1.165) is 78.1 Å². The summed E-state index contributed by atoms with van der Waals surface area (Å²) in [5.41, 5.74) is 19.2. The number of benzene rings is 6. The zero-order valence-electron chi connectivity index (χ0n) is 30.7. The highest BCUT2D eigenvalue weighted by molar-refractivity contribution is 5.95. The fraction of sp³-hybridized carbons (Fsp3) is 0.0800. The van der Waals surface area contributed by atoms with Crippen molar-refractivity contribution in [3.8, 4) is 78.1 Å². The molecule has 8 rings (SSSR count). The lowest BCUT2D eigenvalue weighted by Gasteiger charge is -2.18. The molecule has 0 atom stereocenters. The van der Waals surface area contributed by atoms with Gasteiger partial charge in [-0.2, -0.15) is 0 Å². The van der Waals surface area contributed by atoms with Gasteiger partial charge in [0, 0.05) is 34.6 Å². The number of halogens is 2. The van der Waals surface area contributed by atoms with Crippen LogP contribution < -0.4 is 0 Å². The minimum atomic E-state index is -0.249. The lowest BCUT2D eigenvalue weighted by atomic mass is 9.86. The zero-order valence-corrected chi connectivity index (χ0v) is 30.7. The Morgan fingerprint density at radius 2 is 0.704 bits per heavy atom. The van der Waals surface area contributed by atoms with Crippen LogP contribution in [0.15, 0.2) is 158 Å². The third-order valence-corrected chi connectivity index (χ3v) is 10.1. The second-order valence-electron chi connectivity index (χ2n) is 14.0. The topological polar surface area (TPSA) is 25.8 Å². The van der Waals surface area contributed by atoms with Crippen molar-refractivity contribution in [2.24, 2.45) is 0 Å². The van der Waals surface area contributed by atoms with Crippen LogP contribution in [0.25, 0.3) is 78.1 Å². The molecule has 6 aromatic carbocycles. The normalized spacial score (nSPS) is 11.1. The van der Waals surface area contributed by atoms with E-state index in [4.69, 9.17) is 9.97 Å². The number of hydrogen-bond acceptors (Lipinski definition) is 2. The monoisotopic (exact) mass is 704 g/mol. The van der Waals surface area contributed by atoms with Crippen LogP contribution >= 0.6 is 0 Å². The summed E-state index contributed by atoms with van der Waals surface area (Å²) in [6.45, 7) is 8.43. The molecule has 0 aliphatic rings. The van der Waals surface area contributed by atoms with Gasteiger partial charge in [-0.1, -0.05) is 120 Å². The van der Waals surface area contributed by atoms with E-state index in [1.54, 1.807) is 24.3 Å². The first-order chi connectivity index (χ1) is 26.2. The molecular weight excluding hydrogens is 667 g/mol. The molecule has 2 heterocycles. The van der Waals surface area contributed by atoms with Gasteiger partial charge in [0.15, 0.2) is 0 Å². The Morgan fingerprint density at radius 3 is 1.09 bits per heavy atom. The summed E-state index contributed by atoms with van der Waals surface area (Å²) < 4.78 is 27.1. The number of aromatic nitrogens is 2. The molecule has 2 nitrogen and oxygen atoms in total. The smallest absolute Gasteiger partial charge is 0.123 e. The average molecular weight is 705 g/mol. The number of nitrogens with zero attached hydrogens (tertiary/aromatic N) is 2. The Labute approximate surface area is 315 Å². The van der Waals surface area contributed by atoms with Crippen molar-refractivity contribution in [3.05, 3.63) is 192 Å². The van der Waals surface area contributed by atoms with Gasteiger partial charge in [0.1, 0.15) is 11.6 Å². The molecule has 0 saturated heterocycles. The van der Waals surface area contributed by atoms with Crippen LogP contribution in [0.2, 0.25) is 0 Å². The molecule has 0 saturated carbocycles. The summed E-state index contributed by atoms with van der Waals surface area (Å²) >= 11 is 0. The van der Waals surface area contributed by atoms with Crippen LogP contribution in [-0.2, 0) is 0 Å². The van der Waals surface area contributed by atoms with Crippen LogP contribution in [0.1, 0.15) is 22.3 Å². The second kappa shape index (κ2) is 14.5. The largest absolute Gasteiger partial charge is 0.256 e. The Hall–Kier alpha value is -6.52. The van der Waals surface area contributed by atoms with Gasteiger partial charge in [-0.3, -0.25) is 9.97 Å². The van der Waals surface area contributed by atoms with Gasteiger partial charge >= 0.3 is 0 Å². The van der Waals surface area contributed by atoms with Gasteiger partial charge in [-0.15, -0.1) is 0 Å². The molecule has 262 valence electrons. The number of pyridine rings is 2. The third kappa shape index (κ3) is 6.99. The maximum absolute atomic E-state index is 13.5. The molecule has 0 amide bonds. The maximum Gasteiger partial charge on any atom is 0.123 e. The number of rotatable bonds is 7. The predicted octanol–water partition coefficient (Wildman–Crippen LogP) is 13.7. The molecule has 0 N–H and O–H groups in total. The van der Waals surface area contributed by atoms with Crippen LogP contribution in [0.3, 0.4) is 0 Å². The standard InChI is InChI=1S/C50H38F2N2/c1-31-24-32(2)26-41(25-31)50-44(35-8-12-39(13-9-35)48-27-33(3)46(29-53-48)37-16-20-42(51)21-17-37)6-5-7-45(50)36-10-14-40(15-11-36)49-28-34(4)47(30-54-49)38-18-22-43(52)23-19-38/h5-30H,1-4H3. The van der Waals surface area contributed by atoms with E-state index in [-0.39, 0.29) is 11.6 Å². The van der Waals surface area contributed by atoms with Crippen molar-refractivity contribution in [1.29, 1.82) is 0 Å². The van der Waals surface area contributed by atoms with Crippen molar-refractivity contribution in [3.63, 3.8) is 0 Å². The van der Waals surface area contributed by atoms with E-state index in [2.05, 4.69) is 125 Å². The summed E-state index contributed by atoms with van der Waals surface area (Å²) in [7, 11) is 0. The van der Waals surface area contributed by atoms with Crippen LogP contribution in [-0.4, -0.2) is 9.97 Å². The Kier molecular flexibility index (Phi) is 9.27. The maximum atomic E-state index is 13.5. The van der Waals surface area contributed by atoms with E-state index in [9.17, 15) is 8.78 Å². The Balaban J connectivity index is 1.14. The first-order valence-electron chi connectivity index (χ1n) is 18.1. The highest BCUT2D eigenvalue weighted by atomic mass is 19.1. The summed E-state index contributed by atoms with van der Waals surface area (Å²) in [4.78, 5) is 9.59. The lowest BCUT2D eigenvalue weighted by Crippen LogP contribution is -1.93. The first-order valence-corrected chi connectivity index (χ1v) is 18.1. The molecule has 0 aliphatic carbocycles. The van der Waals surface area contributed by atoms with Crippen LogP contribution in [0.5, 0.6) is 0 Å². The molecule has 54 heavy (non-hydrogen) atoms. The van der Waals surface area contributed by atoms with Gasteiger partial charge in [0.2, 0.25) is 0 Å². The van der Waals surface area contributed by atoms with Gasteiger partial charge in [0.05, 0.1) is 11.4 Å². The molecule has 0 spiro atoms.